The van der Waals surface area contributed by atoms with Crippen molar-refractivity contribution in [2.24, 2.45) is 0 Å². The molecule has 6 heteroatoms. The van der Waals surface area contributed by atoms with Gasteiger partial charge in [0, 0.05) is 17.3 Å². The Kier molecular flexibility index (Phi) is 4.30. The van der Waals surface area contributed by atoms with Crippen LogP contribution in [-0.4, -0.2) is 23.0 Å². The van der Waals surface area contributed by atoms with Crippen molar-refractivity contribution in [1.29, 1.82) is 0 Å². The highest BCUT2D eigenvalue weighted by molar-refractivity contribution is 6.05. The van der Waals surface area contributed by atoms with Gasteiger partial charge in [0.15, 0.2) is 11.2 Å². The molecule has 2 aromatic heterocycles. The van der Waals surface area contributed by atoms with Gasteiger partial charge in [-0.05, 0) is 49.4 Å². The van der Waals surface area contributed by atoms with Crippen molar-refractivity contribution in [1.82, 2.24) is 9.97 Å². The fourth-order valence-corrected chi connectivity index (χ4v) is 2.73. The molecule has 0 spiro atoms. The zero-order valence-electron chi connectivity index (χ0n) is 14.9. The molecule has 0 aliphatic carbocycles. The molecule has 0 aliphatic rings. The van der Waals surface area contributed by atoms with Gasteiger partial charge in [-0.1, -0.05) is 17.7 Å². The van der Waals surface area contributed by atoms with E-state index in [2.05, 4.69) is 15.3 Å². The number of rotatable bonds is 4. The Hall–Kier alpha value is -3.67. The molecule has 4 rings (SSSR count). The van der Waals surface area contributed by atoms with Gasteiger partial charge in [0.1, 0.15) is 5.75 Å². The molecule has 2 heterocycles. The number of nitrogens with zero attached hydrogens (tertiary/aromatic N) is 2. The predicted octanol–water partition coefficient (Wildman–Crippen LogP) is 4.46. The quantitative estimate of drug-likeness (QED) is 0.582. The van der Waals surface area contributed by atoms with Crippen LogP contribution in [0.2, 0.25) is 0 Å². The van der Waals surface area contributed by atoms with Crippen molar-refractivity contribution in [3.8, 4) is 17.2 Å². The van der Waals surface area contributed by atoms with E-state index in [1.807, 2.05) is 31.2 Å². The number of carbonyl (C=O) groups excluding carboxylic acids is 1. The van der Waals surface area contributed by atoms with Gasteiger partial charge in [-0.2, -0.15) is 4.98 Å². The van der Waals surface area contributed by atoms with Gasteiger partial charge in [-0.15, -0.1) is 0 Å². The van der Waals surface area contributed by atoms with Crippen LogP contribution in [0.1, 0.15) is 15.9 Å². The summed E-state index contributed by atoms with van der Waals surface area (Å²) in [5.41, 5.74) is 4.06. The van der Waals surface area contributed by atoms with Crippen molar-refractivity contribution in [2.75, 3.05) is 12.4 Å². The number of hydrogen-bond acceptors (Lipinski definition) is 5. The molecule has 0 aliphatic heterocycles. The number of aryl methyl sites for hydroxylation is 1. The van der Waals surface area contributed by atoms with Crippen LogP contribution < -0.4 is 10.1 Å². The number of methoxy groups -OCH3 is 1. The SMILES string of the molecule is COc1ccc(-c2nc3ncccc3o2)cc1NC(=O)c1ccc(C)cc1. The van der Waals surface area contributed by atoms with E-state index in [1.54, 1.807) is 43.6 Å². The Balaban J connectivity index is 1.68. The van der Waals surface area contributed by atoms with Gasteiger partial charge in [0.05, 0.1) is 12.8 Å². The number of oxazole rings is 1. The number of anilines is 1. The van der Waals surface area contributed by atoms with Gasteiger partial charge >= 0.3 is 0 Å². The summed E-state index contributed by atoms with van der Waals surface area (Å²) in [4.78, 5) is 21.1. The van der Waals surface area contributed by atoms with Gasteiger partial charge in [-0.3, -0.25) is 4.79 Å². The topological polar surface area (TPSA) is 77.2 Å². The van der Waals surface area contributed by atoms with Crippen molar-refractivity contribution in [3.05, 3.63) is 71.9 Å². The fraction of sp³-hybridized carbons (Fsp3) is 0.0952. The molecular formula is C21H17N3O3. The van der Waals surface area contributed by atoms with E-state index < -0.39 is 0 Å². The summed E-state index contributed by atoms with van der Waals surface area (Å²) in [6.07, 6.45) is 1.66. The number of ether oxygens (including phenoxy) is 1. The zero-order valence-corrected chi connectivity index (χ0v) is 14.9. The van der Waals surface area contributed by atoms with Crippen LogP contribution in [0, 0.1) is 6.92 Å². The molecule has 134 valence electrons. The molecule has 0 fully saturated rings. The lowest BCUT2D eigenvalue weighted by Gasteiger charge is -2.11. The van der Waals surface area contributed by atoms with Gasteiger partial charge in [0.2, 0.25) is 5.89 Å². The van der Waals surface area contributed by atoms with E-state index in [1.165, 1.54) is 0 Å². The van der Waals surface area contributed by atoms with E-state index in [-0.39, 0.29) is 5.91 Å². The number of hydrogen-bond donors (Lipinski definition) is 1. The van der Waals surface area contributed by atoms with E-state index in [0.717, 1.165) is 5.56 Å². The van der Waals surface area contributed by atoms with Gasteiger partial charge in [0.25, 0.3) is 5.91 Å². The molecule has 0 saturated heterocycles. The summed E-state index contributed by atoms with van der Waals surface area (Å²) in [5, 5.41) is 2.89. The second-order valence-corrected chi connectivity index (χ2v) is 6.08. The summed E-state index contributed by atoms with van der Waals surface area (Å²) < 4.78 is 11.1. The molecule has 0 unspecified atom stereocenters. The van der Waals surface area contributed by atoms with E-state index in [4.69, 9.17) is 9.15 Å². The standard InChI is InChI=1S/C21H17N3O3/c1-13-5-7-14(8-6-13)20(25)23-16-12-15(9-10-17(16)26-2)21-24-19-18(27-21)4-3-11-22-19/h3-12H,1-2H3,(H,23,25). The van der Waals surface area contributed by atoms with Crippen molar-refractivity contribution < 1.29 is 13.9 Å². The van der Waals surface area contributed by atoms with E-state index >= 15 is 0 Å². The second kappa shape index (κ2) is 6.92. The maximum atomic E-state index is 12.6. The molecule has 0 bridgehead atoms. The molecule has 0 radical (unpaired) electrons. The molecule has 6 nitrogen and oxygen atoms in total. The average molecular weight is 359 g/mol. The number of carbonyl (C=O) groups is 1. The first kappa shape index (κ1) is 16.8. The molecule has 1 N–H and O–H groups in total. The highest BCUT2D eigenvalue weighted by atomic mass is 16.5. The van der Waals surface area contributed by atoms with Crippen molar-refractivity contribution in [3.63, 3.8) is 0 Å². The number of aromatic nitrogens is 2. The van der Waals surface area contributed by atoms with Gasteiger partial charge < -0.3 is 14.5 Å². The first-order valence-corrected chi connectivity index (χ1v) is 8.42. The maximum absolute atomic E-state index is 12.6. The summed E-state index contributed by atoms with van der Waals surface area (Å²) in [6.45, 7) is 1.98. The zero-order chi connectivity index (χ0) is 18.8. The third kappa shape index (κ3) is 3.37. The van der Waals surface area contributed by atoms with Crippen molar-refractivity contribution >= 4 is 22.8 Å². The molecule has 2 aromatic carbocycles. The lowest BCUT2D eigenvalue weighted by Crippen LogP contribution is -2.12. The summed E-state index contributed by atoms with van der Waals surface area (Å²) in [5.74, 6) is 0.760. The minimum atomic E-state index is -0.218. The summed E-state index contributed by atoms with van der Waals surface area (Å²) in [6, 6.07) is 16.3. The van der Waals surface area contributed by atoms with Crippen LogP contribution >= 0.6 is 0 Å². The van der Waals surface area contributed by atoms with Crippen LogP contribution in [0.25, 0.3) is 22.7 Å². The van der Waals surface area contributed by atoms with Crippen LogP contribution in [0.5, 0.6) is 5.75 Å². The largest absolute Gasteiger partial charge is 0.495 e. The Morgan fingerprint density at radius 3 is 2.67 bits per heavy atom. The van der Waals surface area contributed by atoms with Crippen LogP contribution in [-0.2, 0) is 0 Å². The van der Waals surface area contributed by atoms with E-state index in [0.29, 0.717) is 39.7 Å². The van der Waals surface area contributed by atoms with E-state index in [9.17, 15) is 4.79 Å². The lowest BCUT2D eigenvalue weighted by molar-refractivity contribution is 0.102. The highest BCUT2D eigenvalue weighted by Crippen LogP contribution is 2.31. The predicted molar refractivity (Wildman–Crippen MR) is 103 cm³/mol. The summed E-state index contributed by atoms with van der Waals surface area (Å²) >= 11 is 0. The fourth-order valence-electron chi connectivity index (χ4n) is 2.73. The van der Waals surface area contributed by atoms with Crippen LogP contribution in [0.4, 0.5) is 5.69 Å². The minimum Gasteiger partial charge on any atom is -0.495 e. The minimum absolute atomic E-state index is 0.218. The second-order valence-electron chi connectivity index (χ2n) is 6.08. The Bertz CT molecular complexity index is 1080. The lowest BCUT2D eigenvalue weighted by atomic mass is 10.1. The number of nitrogens with one attached hydrogen (secondary N) is 1. The normalized spacial score (nSPS) is 10.7. The molecule has 0 atom stereocenters. The first-order chi connectivity index (χ1) is 13.1. The molecule has 0 saturated carbocycles. The molecular weight excluding hydrogens is 342 g/mol. The smallest absolute Gasteiger partial charge is 0.255 e. The third-order valence-corrected chi connectivity index (χ3v) is 4.17. The monoisotopic (exact) mass is 359 g/mol. The number of benzene rings is 2. The highest BCUT2D eigenvalue weighted by Gasteiger charge is 2.14. The molecule has 4 aromatic rings. The molecule has 1 amide bonds. The third-order valence-electron chi connectivity index (χ3n) is 4.17. The van der Waals surface area contributed by atoms with Gasteiger partial charge in [-0.25, -0.2) is 4.98 Å². The van der Waals surface area contributed by atoms with Crippen molar-refractivity contribution in [2.45, 2.75) is 6.92 Å². The van der Waals surface area contributed by atoms with Crippen LogP contribution in [0.3, 0.4) is 0 Å². The summed E-state index contributed by atoms with van der Waals surface area (Å²) in [7, 11) is 1.56. The number of fused-ring (bicyclic) bond motifs is 1. The Labute approximate surface area is 155 Å². The Morgan fingerprint density at radius 2 is 1.93 bits per heavy atom. The number of amides is 1. The number of pyridine rings is 1. The average Bonchev–Trinajstić information content (AvgIpc) is 3.12. The Morgan fingerprint density at radius 1 is 1.11 bits per heavy atom. The molecule has 27 heavy (non-hydrogen) atoms. The first-order valence-electron chi connectivity index (χ1n) is 8.42. The maximum Gasteiger partial charge on any atom is 0.255 e. The van der Waals surface area contributed by atoms with Crippen LogP contribution in [0.15, 0.2) is 65.2 Å².